The number of carbonyl (C=O) groups is 1. The van der Waals surface area contributed by atoms with E-state index in [2.05, 4.69) is 22.4 Å². The molecule has 1 amide bonds. The third kappa shape index (κ3) is 4.70. The summed E-state index contributed by atoms with van der Waals surface area (Å²) in [7, 11) is 0. The van der Waals surface area contributed by atoms with Crippen LogP contribution in [0.25, 0.3) is 16.7 Å². The van der Waals surface area contributed by atoms with E-state index in [-0.39, 0.29) is 12.0 Å². The molecule has 158 valence electrons. The minimum atomic E-state index is -0.206. The van der Waals surface area contributed by atoms with Gasteiger partial charge in [0.1, 0.15) is 16.8 Å². The molecule has 0 saturated carbocycles. The summed E-state index contributed by atoms with van der Waals surface area (Å²) in [5.74, 6) is 0.474. The Balaban J connectivity index is 1.58. The number of ether oxygens (including phenoxy) is 1. The van der Waals surface area contributed by atoms with Crippen LogP contribution < -0.4 is 10.1 Å². The van der Waals surface area contributed by atoms with Crippen molar-refractivity contribution in [3.05, 3.63) is 76.8 Å². The lowest BCUT2D eigenvalue weighted by Crippen LogP contribution is -2.14. The molecule has 1 aromatic heterocycles. The molecule has 4 aromatic rings. The Hall–Kier alpha value is -3.38. The van der Waals surface area contributed by atoms with Crippen molar-refractivity contribution in [3.8, 4) is 11.4 Å². The van der Waals surface area contributed by atoms with E-state index >= 15 is 0 Å². The van der Waals surface area contributed by atoms with Gasteiger partial charge in [0.15, 0.2) is 0 Å². The Morgan fingerprint density at radius 3 is 2.52 bits per heavy atom. The number of halogens is 1. The van der Waals surface area contributed by atoms with Gasteiger partial charge >= 0.3 is 0 Å². The van der Waals surface area contributed by atoms with Gasteiger partial charge in [-0.1, -0.05) is 24.6 Å². The van der Waals surface area contributed by atoms with Gasteiger partial charge in [0.05, 0.1) is 11.8 Å². The molecule has 1 unspecified atom stereocenters. The lowest BCUT2D eigenvalue weighted by molar-refractivity contribution is 0.102. The fourth-order valence-electron chi connectivity index (χ4n) is 3.11. The van der Waals surface area contributed by atoms with Crippen molar-refractivity contribution in [1.82, 2.24) is 15.0 Å². The number of rotatable bonds is 6. The smallest absolute Gasteiger partial charge is 0.255 e. The maximum atomic E-state index is 12.8. The maximum absolute atomic E-state index is 12.8. The van der Waals surface area contributed by atoms with Crippen LogP contribution in [0, 0.1) is 6.92 Å². The molecule has 0 aliphatic carbocycles. The highest BCUT2D eigenvalue weighted by Gasteiger charge is 2.13. The summed E-state index contributed by atoms with van der Waals surface area (Å²) >= 11 is 5.96. The minimum absolute atomic E-state index is 0.0891. The second kappa shape index (κ2) is 8.78. The van der Waals surface area contributed by atoms with Gasteiger partial charge in [-0.05, 0) is 80.4 Å². The van der Waals surface area contributed by atoms with Gasteiger partial charge in [-0.3, -0.25) is 4.79 Å². The number of hydrogen-bond acceptors (Lipinski definition) is 4. The average molecular weight is 435 g/mol. The lowest BCUT2D eigenvalue weighted by atomic mass is 10.1. The third-order valence-corrected chi connectivity index (χ3v) is 5.29. The van der Waals surface area contributed by atoms with Gasteiger partial charge in [0.25, 0.3) is 5.91 Å². The second-order valence-electron chi connectivity index (χ2n) is 7.44. The quantitative estimate of drug-likeness (QED) is 0.415. The first-order chi connectivity index (χ1) is 14.9. The van der Waals surface area contributed by atoms with Crippen LogP contribution in [0.3, 0.4) is 0 Å². The molecule has 7 heteroatoms. The van der Waals surface area contributed by atoms with Crippen molar-refractivity contribution in [2.24, 2.45) is 0 Å². The fourth-order valence-corrected chi connectivity index (χ4v) is 3.24. The van der Waals surface area contributed by atoms with Crippen LogP contribution >= 0.6 is 11.6 Å². The number of nitrogens with one attached hydrogen (secondary N) is 1. The predicted octanol–water partition coefficient (Wildman–Crippen LogP) is 5.81. The van der Waals surface area contributed by atoms with Gasteiger partial charge in [-0.25, -0.2) is 0 Å². The van der Waals surface area contributed by atoms with E-state index in [0.29, 0.717) is 27.5 Å². The van der Waals surface area contributed by atoms with E-state index in [4.69, 9.17) is 16.3 Å². The first-order valence-electron chi connectivity index (χ1n) is 10.1. The summed E-state index contributed by atoms with van der Waals surface area (Å²) in [6.45, 7) is 5.99. The Morgan fingerprint density at radius 1 is 1.10 bits per heavy atom. The average Bonchev–Trinajstić information content (AvgIpc) is 3.17. The Bertz CT molecular complexity index is 1230. The van der Waals surface area contributed by atoms with Crippen LogP contribution in [-0.4, -0.2) is 27.0 Å². The summed E-state index contributed by atoms with van der Waals surface area (Å²) < 4.78 is 5.83. The van der Waals surface area contributed by atoms with Crippen molar-refractivity contribution < 1.29 is 9.53 Å². The highest BCUT2D eigenvalue weighted by molar-refractivity contribution is 6.30. The van der Waals surface area contributed by atoms with Crippen LogP contribution in [0.4, 0.5) is 5.69 Å². The molecule has 3 aromatic carbocycles. The van der Waals surface area contributed by atoms with Crippen molar-refractivity contribution >= 4 is 34.2 Å². The number of carbonyl (C=O) groups excluding carboxylic acids is 1. The first-order valence-corrected chi connectivity index (χ1v) is 10.5. The number of benzene rings is 3. The van der Waals surface area contributed by atoms with Gasteiger partial charge in [0, 0.05) is 16.3 Å². The van der Waals surface area contributed by atoms with Gasteiger partial charge in [-0.15, -0.1) is 10.2 Å². The van der Waals surface area contributed by atoms with E-state index in [1.807, 2.05) is 50.2 Å². The Labute approximate surface area is 185 Å². The molecule has 0 radical (unpaired) electrons. The first kappa shape index (κ1) is 20.9. The largest absolute Gasteiger partial charge is 0.491 e. The van der Waals surface area contributed by atoms with Gasteiger partial charge < -0.3 is 10.1 Å². The summed E-state index contributed by atoms with van der Waals surface area (Å²) in [5.41, 5.74) is 4.36. The van der Waals surface area contributed by atoms with E-state index in [1.54, 1.807) is 29.1 Å². The summed E-state index contributed by atoms with van der Waals surface area (Å²) in [4.78, 5) is 14.4. The van der Waals surface area contributed by atoms with Crippen molar-refractivity contribution in [2.75, 3.05) is 5.32 Å². The van der Waals surface area contributed by atoms with Gasteiger partial charge in [0.2, 0.25) is 0 Å². The molecule has 4 rings (SSSR count). The molecular formula is C24H23ClN4O2. The van der Waals surface area contributed by atoms with Crippen LogP contribution in [0.2, 0.25) is 5.02 Å². The standard InChI is InChI=1S/C24H23ClN4O2/c1-4-16(3)31-20-7-5-6-17(13-20)24(30)26-21-14-23-22(12-15(21)2)27-29(28-23)19-10-8-18(25)9-11-19/h5-14,16H,4H2,1-3H3,(H,26,30). The van der Waals surface area contributed by atoms with E-state index in [1.165, 1.54) is 0 Å². The number of aryl methyl sites for hydroxylation is 1. The lowest BCUT2D eigenvalue weighted by Gasteiger charge is -2.13. The van der Waals surface area contributed by atoms with E-state index in [9.17, 15) is 4.79 Å². The number of amides is 1. The second-order valence-corrected chi connectivity index (χ2v) is 7.88. The van der Waals surface area contributed by atoms with E-state index in [0.717, 1.165) is 23.2 Å². The van der Waals surface area contributed by atoms with Crippen LogP contribution in [0.1, 0.15) is 36.2 Å². The molecular weight excluding hydrogens is 412 g/mol. The molecule has 6 nitrogen and oxygen atoms in total. The van der Waals surface area contributed by atoms with Crippen LogP contribution in [0.15, 0.2) is 60.7 Å². The highest BCUT2D eigenvalue weighted by Crippen LogP contribution is 2.24. The van der Waals surface area contributed by atoms with Crippen LogP contribution in [0.5, 0.6) is 5.75 Å². The van der Waals surface area contributed by atoms with Crippen LogP contribution in [-0.2, 0) is 0 Å². The monoisotopic (exact) mass is 434 g/mol. The topological polar surface area (TPSA) is 69.0 Å². The van der Waals surface area contributed by atoms with E-state index < -0.39 is 0 Å². The summed E-state index contributed by atoms with van der Waals surface area (Å²) in [6, 6.07) is 18.2. The van der Waals surface area contributed by atoms with Gasteiger partial charge in [-0.2, -0.15) is 4.80 Å². The molecule has 1 heterocycles. The maximum Gasteiger partial charge on any atom is 0.255 e. The van der Waals surface area contributed by atoms with Crippen molar-refractivity contribution in [3.63, 3.8) is 0 Å². The summed E-state index contributed by atoms with van der Waals surface area (Å²) in [5, 5.41) is 12.7. The zero-order chi connectivity index (χ0) is 22.0. The number of anilines is 1. The Morgan fingerprint density at radius 2 is 1.81 bits per heavy atom. The molecule has 0 aliphatic heterocycles. The van der Waals surface area contributed by atoms with Crippen molar-refractivity contribution in [1.29, 1.82) is 0 Å². The molecule has 0 spiro atoms. The highest BCUT2D eigenvalue weighted by atomic mass is 35.5. The molecule has 0 aliphatic rings. The third-order valence-electron chi connectivity index (χ3n) is 5.04. The van der Waals surface area contributed by atoms with Crippen molar-refractivity contribution in [2.45, 2.75) is 33.3 Å². The predicted molar refractivity (Wildman–Crippen MR) is 123 cm³/mol. The minimum Gasteiger partial charge on any atom is -0.491 e. The number of nitrogens with zero attached hydrogens (tertiary/aromatic N) is 3. The molecule has 1 N–H and O–H groups in total. The SMILES string of the molecule is CCC(C)Oc1cccc(C(=O)Nc2cc3nn(-c4ccc(Cl)cc4)nc3cc2C)c1. The molecule has 0 fully saturated rings. The summed E-state index contributed by atoms with van der Waals surface area (Å²) in [6.07, 6.45) is 0.984. The number of fused-ring (bicyclic) bond motifs is 1. The Kier molecular flexibility index (Phi) is 5.91. The molecule has 31 heavy (non-hydrogen) atoms. The molecule has 0 saturated heterocycles. The number of aromatic nitrogens is 3. The fraction of sp³-hybridized carbons (Fsp3) is 0.208. The molecule has 0 bridgehead atoms. The zero-order valence-corrected chi connectivity index (χ0v) is 18.3. The zero-order valence-electron chi connectivity index (χ0n) is 17.6. The number of hydrogen-bond donors (Lipinski definition) is 1. The normalized spacial score (nSPS) is 12.0. The molecule has 1 atom stereocenters.